The largest absolute Gasteiger partial charge is 0.463 e. The third-order valence-electron chi connectivity index (χ3n) is 2.87. The van der Waals surface area contributed by atoms with Gasteiger partial charge in [0.15, 0.2) is 0 Å². The molecule has 0 bridgehead atoms. The Hall–Kier alpha value is -3.35. The van der Waals surface area contributed by atoms with Gasteiger partial charge in [-0.15, -0.1) is 0 Å². The van der Waals surface area contributed by atoms with Crippen LogP contribution in [0.4, 0.5) is 0 Å². The molecular formula is C15H10N4O3. The van der Waals surface area contributed by atoms with Gasteiger partial charge < -0.3 is 4.42 Å². The van der Waals surface area contributed by atoms with E-state index in [1.807, 2.05) is 0 Å². The van der Waals surface area contributed by atoms with Crippen molar-refractivity contribution in [3.8, 4) is 0 Å². The molecule has 7 heteroatoms. The molecule has 2 heterocycles. The molecule has 0 unspecified atom stereocenters. The molecule has 3 rings (SSSR count). The zero-order chi connectivity index (χ0) is 15.4. The standard InChI is InChI=1S/C15H10N4O3/c20-14-10(9-22-13-4-2-1-3-11(13)14)7-18-19-15(21)12-8-16-5-6-17-12/h1-9H,(H,19,21)/b18-7+. The summed E-state index contributed by atoms with van der Waals surface area (Å²) in [6, 6.07) is 6.89. The Morgan fingerprint density at radius 3 is 2.95 bits per heavy atom. The number of hydrogen-bond donors (Lipinski definition) is 1. The van der Waals surface area contributed by atoms with Crippen LogP contribution in [0.25, 0.3) is 11.0 Å². The molecule has 0 spiro atoms. The highest BCUT2D eigenvalue weighted by atomic mass is 16.3. The second kappa shape index (κ2) is 5.96. The molecule has 108 valence electrons. The van der Waals surface area contributed by atoms with Gasteiger partial charge in [0.2, 0.25) is 5.43 Å². The van der Waals surface area contributed by atoms with E-state index in [1.165, 1.54) is 31.1 Å². The summed E-state index contributed by atoms with van der Waals surface area (Å²) in [4.78, 5) is 31.5. The first-order chi connectivity index (χ1) is 10.8. The lowest BCUT2D eigenvalue weighted by molar-refractivity contribution is 0.0949. The molecule has 1 aromatic carbocycles. The van der Waals surface area contributed by atoms with Crippen molar-refractivity contribution >= 4 is 23.1 Å². The first-order valence-electron chi connectivity index (χ1n) is 6.35. The van der Waals surface area contributed by atoms with E-state index < -0.39 is 5.91 Å². The van der Waals surface area contributed by atoms with Gasteiger partial charge in [-0.05, 0) is 12.1 Å². The van der Waals surface area contributed by atoms with Gasteiger partial charge in [0.1, 0.15) is 17.5 Å². The summed E-state index contributed by atoms with van der Waals surface area (Å²) in [6.07, 6.45) is 6.70. The number of carbonyl (C=O) groups is 1. The minimum Gasteiger partial charge on any atom is -0.463 e. The van der Waals surface area contributed by atoms with E-state index in [4.69, 9.17) is 4.42 Å². The van der Waals surface area contributed by atoms with E-state index in [9.17, 15) is 9.59 Å². The van der Waals surface area contributed by atoms with Crippen LogP contribution >= 0.6 is 0 Å². The molecule has 22 heavy (non-hydrogen) atoms. The number of nitrogens with one attached hydrogen (secondary N) is 1. The number of rotatable bonds is 3. The van der Waals surface area contributed by atoms with Gasteiger partial charge in [0.25, 0.3) is 5.91 Å². The number of hydrazone groups is 1. The highest BCUT2D eigenvalue weighted by Crippen LogP contribution is 2.09. The quantitative estimate of drug-likeness (QED) is 0.581. The number of fused-ring (bicyclic) bond motifs is 1. The Kier molecular flexibility index (Phi) is 3.69. The van der Waals surface area contributed by atoms with Crippen LogP contribution in [0, 0.1) is 0 Å². The summed E-state index contributed by atoms with van der Waals surface area (Å²) in [5, 5.41) is 4.18. The average Bonchev–Trinajstić information content (AvgIpc) is 2.58. The summed E-state index contributed by atoms with van der Waals surface area (Å²) in [5.74, 6) is -0.519. The van der Waals surface area contributed by atoms with Gasteiger partial charge in [-0.25, -0.2) is 10.4 Å². The van der Waals surface area contributed by atoms with Crippen LogP contribution < -0.4 is 10.9 Å². The lowest BCUT2D eigenvalue weighted by Gasteiger charge is -1.98. The molecule has 0 saturated heterocycles. The number of carbonyl (C=O) groups excluding carboxylic acids is 1. The fraction of sp³-hybridized carbons (Fsp3) is 0. The average molecular weight is 294 g/mol. The third kappa shape index (κ3) is 2.73. The molecule has 0 aliphatic rings. The van der Waals surface area contributed by atoms with Gasteiger partial charge in [-0.2, -0.15) is 5.10 Å². The van der Waals surface area contributed by atoms with Crippen LogP contribution in [0.3, 0.4) is 0 Å². The Balaban J connectivity index is 1.80. The van der Waals surface area contributed by atoms with E-state index in [1.54, 1.807) is 24.3 Å². The summed E-state index contributed by atoms with van der Waals surface area (Å²) in [7, 11) is 0. The Bertz CT molecular complexity index is 903. The van der Waals surface area contributed by atoms with Crippen LogP contribution in [0.1, 0.15) is 16.1 Å². The predicted molar refractivity (Wildman–Crippen MR) is 79.6 cm³/mol. The van der Waals surface area contributed by atoms with Crippen LogP contribution in [0.15, 0.2) is 63.4 Å². The number of amides is 1. The maximum atomic E-state index is 12.2. The second-order valence-corrected chi connectivity index (χ2v) is 4.31. The summed E-state index contributed by atoms with van der Waals surface area (Å²) < 4.78 is 5.34. The van der Waals surface area contributed by atoms with Crippen molar-refractivity contribution in [3.63, 3.8) is 0 Å². The first-order valence-corrected chi connectivity index (χ1v) is 6.35. The summed E-state index contributed by atoms with van der Waals surface area (Å²) in [6.45, 7) is 0. The van der Waals surface area contributed by atoms with E-state index >= 15 is 0 Å². The number of hydrogen-bond acceptors (Lipinski definition) is 6. The molecule has 3 aromatic rings. The highest BCUT2D eigenvalue weighted by molar-refractivity contribution is 5.93. The van der Waals surface area contributed by atoms with Crippen molar-refractivity contribution in [3.05, 3.63) is 70.6 Å². The maximum absolute atomic E-state index is 12.2. The minimum absolute atomic E-state index is 0.130. The molecule has 7 nitrogen and oxygen atoms in total. The fourth-order valence-electron chi connectivity index (χ4n) is 1.82. The van der Waals surface area contributed by atoms with Gasteiger partial charge in [-0.1, -0.05) is 12.1 Å². The minimum atomic E-state index is -0.519. The predicted octanol–water partition coefficient (Wildman–Crippen LogP) is 1.35. The van der Waals surface area contributed by atoms with Gasteiger partial charge >= 0.3 is 0 Å². The van der Waals surface area contributed by atoms with Crippen molar-refractivity contribution in [2.24, 2.45) is 5.10 Å². The van der Waals surface area contributed by atoms with Crippen molar-refractivity contribution in [2.75, 3.05) is 0 Å². The zero-order valence-electron chi connectivity index (χ0n) is 11.3. The fourth-order valence-corrected chi connectivity index (χ4v) is 1.82. The molecule has 1 amide bonds. The van der Waals surface area contributed by atoms with E-state index in [0.29, 0.717) is 11.0 Å². The van der Waals surface area contributed by atoms with E-state index in [0.717, 1.165) is 0 Å². The van der Waals surface area contributed by atoms with Gasteiger partial charge in [-0.3, -0.25) is 14.6 Å². The van der Waals surface area contributed by atoms with Gasteiger partial charge in [0, 0.05) is 12.4 Å². The van der Waals surface area contributed by atoms with Crippen LogP contribution in [-0.4, -0.2) is 22.1 Å². The summed E-state index contributed by atoms with van der Waals surface area (Å²) >= 11 is 0. The third-order valence-corrected chi connectivity index (χ3v) is 2.87. The summed E-state index contributed by atoms with van der Waals surface area (Å²) in [5.41, 5.74) is 2.91. The lowest BCUT2D eigenvalue weighted by atomic mass is 10.2. The van der Waals surface area contributed by atoms with E-state index in [2.05, 4.69) is 20.5 Å². The lowest BCUT2D eigenvalue weighted by Crippen LogP contribution is -2.19. The first kappa shape index (κ1) is 13.6. The van der Waals surface area contributed by atoms with Crippen molar-refractivity contribution < 1.29 is 9.21 Å². The maximum Gasteiger partial charge on any atom is 0.291 e. The van der Waals surface area contributed by atoms with Crippen molar-refractivity contribution in [1.29, 1.82) is 0 Å². The normalized spacial score (nSPS) is 10.9. The van der Waals surface area contributed by atoms with Crippen molar-refractivity contribution in [1.82, 2.24) is 15.4 Å². The Labute approximate surface area is 124 Å². The van der Waals surface area contributed by atoms with Crippen LogP contribution in [0.5, 0.6) is 0 Å². The van der Waals surface area contributed by atoms with Crippen LogP contribution in [0.2, 0.25) is 0 Å². The zero-order valence-corrected chi connectivity index (χ0v) is 11.3. The highest BCUT2D eigenvalue weighted by Gasteiger charge is 2.06. The monoisotopic (exact) mass is 294 g/mol. The Morgan fingerprint density at radius 1 is 1.27 bits per heavy atom. The number of benzene rings is 1. The molecule has 0 aliphatic carbocycles. The molecule has 0 saturated carbocycles. The molecule has 0 aliphatic heterocycles. The molecule has 1 N–H and O–H groups in total. The number of para-hydroxylation sites is 1. The molecule has 0 fully saturated rings. The SMILES string of the molecule is O=C(N/N=C/c1coc2ccccc2c1=O)c1cnccn1. The number of aromatic nitrogens is 2. The topological polar surface area (TPSA) is 97.5 Å². The van der Waals surface area contributed by atoms with Gasteiger partial charge in [0.05, 0.1) is 23.4 Å². The van der Waals surface area contributed by atoms with Crippen LogP contribution in [-0.2, 0) is 0 Å². The molecule has 0 atom stereocenters. The smallest absolute Gasteiger partial charge is 0.291 e. The molecule has 2 aromatic heterocycles. The number of nitrogens with zero attached hydrogens (tertiary/aromatic N) is 3. The Morgan fingerprint density at radius 2 is 2.14 bits per heavy atom. The van der Waals surface area contributed by atoms with Crippen molar-refractivity contribution in [2.45, 2.75) is 0 Å². The molecular weight excluding hydrogens is 284 g/mol. The second-order valence-electron chi connectivity index (χ2n) is 4.31. The van der Waals surface area contributed by atoms with E-state index in [-0.39, 0.29) is 16.7 Å². The molecule has 0 radical (unpaired) electrons.